The average Bonchev–Trinajstić information content (AvgIpc) is 3.43. The quantitative estimate of drug-likeness (QED) is 0.175. The molecule has 0 amide bonds. The smallest absolute Gasteiger partial charge is 0.416 e. The number of aliphatic hydroxyl groups excluding tert-OH is 1. The zero-order chi connectivity index (χ0) is 33.6. The number of anilines is 2. The molecule has 4 aromatic rings. The summed E-state index contributed by atoms with van der Waals surface area (Å²) in [7, 11) is 1.17. The van der Waals surface area contributed by atoms with Gasteiger partial charge >= 0.3 is 17.8 Å². The number of aliphatic hydroxyl groups is 1. The molecular formula is C31H27F3N6O6. The van der Waals surface area contributed by atoms with Crippen LogP contribution in [0.15, 0.2) is 83.1 Å². The van der Waals surface area contributed by atoms with Crippen molar-refractivity contribution in [2.75, 3.05) is 12.0 Å². The molecule has 0 spiro atoms. The Labute approximate surface area is 259 Å². The number of aromatic nitrogens is 4. The summed E-state index contributed by atoms with van der Waals surface area (Å²) in [5.41, 5.74) is 0.851. The van der Waals surface area contributed by atoms with Gasteiger partial charge in [-0.1, -0.05) is 12.1 Å². The number of methoxy groups -OCH3 is 1. The number of esters is 1. The third-order valence-corrected chi connectivity index (χ3v) is 7.29. The molecule has 1 aliphatic heterocycles. The van der Waals surface area contributed by atoms with E-state index in [1.807, 2.05) is 10.8 Å². The third kappa shape index (κ3) is 6.66. The van der Waals surface area contributed by atoms with E-state index in [0.29, 0.717) is 35.2 Å². The van der Waals surface area contributed by atoms with Crippen molar-refractivity contribution in [2.45, 2.75) is 38.7 Å². The van der Waals surface area contributed by atoms with E-state index in [-0.39, 0.29) is 29.5 Å². The molecule has 0 fully saturated rings. The minimum absolute atomic E-state index is 0.0109. The fourth-order valence-electron chi connectivity index (χ4n) is 5.30. The number of benzene rings is 2. The maximum absolute atomic E-state index is 13.6. The Morgan fingerprint density at radius 3 is 2.63 bits per heavy atom. The van der Waals surface area contributed by atoms with Crippen LogP contribution >= 0.6 is 0 Å². The molecule has 2 N–H and O–H groups in total. The van der Waals surface area contributed by atoms with E-state index in [4.69, 9.17) is 14.6 Å². The van der Waals surface area contributed by atoms with Gasteiger partial charge in [0.15, 0.2) is 18.9 Å². The van der Waals surface area contributed by atoms with Crippen LogP contribution in [-0.4, -0.2) is 39.4 Å². The fourth-order valence-corrected chi connectivity index (χ4v) is 5.30. The number of fused-ring (bicyclic) bond motifs is 1. The maximum atomic E-state index is 13.6. The fraction of sp³-hybridized carbons (Fsp3) is 0.226. The van der Waals surface area contributed by atoms with Gasteiger partial charge in [-0.05, 0) is 54.4 Å². The number of ether oxygens (including phenoxy) is 1. The summed E-state index contributed by atoms with van der Waals surface area (Å²) in [6, 6.07) is 14.0. The molecule has 0 saturated heterocycles. The normalized spacial score (nSPS) is 14.1. The van der Waals surface area contributed by atoms with E-state index in [2.05, 4.69) is 16.3 Å². The molecule has 1 aliphatic rings. The van der Waals surface area contributed by atoms with Crippen molar-refractivity contribution in [3.63, 3.8) is 0 Å². The molecule has 1 atom stereocenters. The second kappa shape index (κ2) is 13.9. The molecule has 12 nitrogen and oxygen atoms in total. The molecule has 0 aliphatic carbocycles. The number of pyridine rings is 1. The highest BCUT2D eigenvalue weighted by Crippen LogP contribution is 2.43. The maximum Gasteiger partial charge on any atom is 0.416 e. The average molecular weight is 637 g/mol. The van der Waals surface area contributed by atoms with Crippen LogP contribution in [0.5, 0.6) is 0 Å². The topological polar surface area (TPSA) is 168 Å². The number of alkyl halides is 3. The van der Waals surface area contributed by atoms with Gasteiger partial charge in [0, 0.05) is 35.9 Å². The van der Waals surface area contributed by atoms with E-state index in [9.17, 15) is 33.1 Å². The first-order chi connectivity index (χ1) is 22.0. The minimum Gasteiger partial charge on any atom is -0.554 e. The van der Waals surface area contributed by atoms with Crippen molar-refractivity contribution in [1.82, 2.24) is 14.8 Å². The number of aryl methyl sites for hydroxylation is 2. The van der Waals surface area contributed by atoms with E-state index < -0.39 is 35.9 Å². The summed E-state index contributed by atoms with van der Waals surface area (Å²) in [4.78, 5) is 36.2. The Balaban J connectivity index is 0.00000154. The van der Waals surface area contributed by atoms with Crippen LogP contribution in [0.4, 0.5) is 24.8 Å². The third-order valence-electron chi connectivity index (χ3n) is 7.29. The van der Waals surface area contributed by atoms with Crippen molar-refractivity contribution in [2.24, 2.45) is 0 Å². The highest BCUT2D eigenvalue weighted by molar-refractivity contribution is 5.93. The monoisotopic (exact) mass is 636 g/mol. The highest BCUT2D eigenvalue weighted by atomic mass is 19.4. The van der Waals surface area contributed by atoms with E-state index >= 15 is 0 Å². The number of halogens is 3. The van der Waals surface area contributed by atoms with Crippen LogP contribution < -0.4 is 20.3 Å². The van der Waals surface area contributed by atoms with Gasteiger partial charge in [0.25, 0.3) is 0 Å². The molecule has 5 rings (SSSR count). The zero-order valence-electron chi connectivity index (χ0n) is 24.5. The van der Waals surface area contributed by atoms with Crippen molar-refractivity contribution in [3.05, 3.63) is 117 Å². The Morgan fingerprint density at radius 2 is 1.98 bits per heavy atom. The van der Waals surface area contributed by atoms with Crippen LogP contribution in [0, 0.1) is 11.3 Å². The Bertz CT molecular complexity index is 1890. The summed E-state index contributed by atoms with van der Waals surface area (Å²) in [6.07, 6.45) is -0.657. The first-order valence-electron chi connectivity index (χ1n) is 13.6. The summed E-state index contributed by atoms with van der Waals surface area (Å²) < 4.78 is 49.0. The SMILES string of the molecule is COC(=O)C1=C(C)N(c2cccc(C(F)(F)F)c2)c2n[nH]c(=O)n2C1c1ccc(C#N)cc1CC[n+]1cccc(CO)c1.O=C[O-]. The number of carboxylic acid groups (broad SMARTS) is 1. The standard InChI is InChI=1S/C30H25F3N6O4.CH2O2/c1-18-25(27(41)43-2)26(24-9-8-19(15-34)13-21(24)10-12-37-11-4-5-20(16-37)17-40)39-28(35-36-29(39)42)38(18)23-7-3-6-22(14-23)30(31,32)33;2-1-3/h3-9,11,13-14,16,26,40H,10,12,17H2,1-2H3;1H,(H,2,3). The number of carbonyl (C=O) groups is 2. The van der Waals surface area contributed by atoms with E-state index in [1.54, 1.807) is 43.5 Å². The number of nitrogens with zero attached hydrogens (tertiary/aromatic N) is 5. The van der Waals surface area contributed by atoms with Crippen LogP contribution in [-0.2, 0) is 40.1 Å². The number of rotatable bonds is 7. The molecule has 0 radical (unpaired) electrons. The van der Waals surface area contributed by atoms with E-state index in [0.717, 1.165) is 12.1 Å². The lowest BCUT2D eigenvalue weighted by Gasteiger charge is -2.36. The molecular weight excluding hydrogens is 609 g/mol. The zero-order valence-corrected chi connectivity index (χ0v) is 24.5. The van der Waals surface area contributed by atoms with Gasteiger partial charge in [0.1, 0.15) is 6.04 Å². The van der Waals surface area contributed by atoms with Crippen molar-refractivity contribution in [3.8, 4) is 6.07 Å². The number of aromatic amines is 1. The molecule has 1 unspecified atom stereocenters. The van der Waals surface area contributed by atoms with Crippen LogP contribution in [0.1, 0.15) is 40.8 Å². The number of nitrogens with one attached hydrogen (secondary N) is 1. The summed E-state index contributed by atoms with van der Waals surface area (Å²) in [5, 5.41) is 33.9. The predicted octanol–water partition coefficient (Wildman–Crippen LogP) is 2.04. The highest BCUT2D eigenvalue weighted by Gasteiger charge is 2.41. The molecule has 3 heterocycles. The van der Waals surface area contributed by atoms with Crippen molar-refractivity contribution in [1.29, 1.82) is 5.26 Å². The van der Waals surface area contributed by atoms with Gasteiger partial charge < -0.3 is 19.7 Å². The van der Waals surface area contributed by atoms with Crippen molar-refractivity contribution < 1.29 is 42.3 Å². The lowest BCUT2D eigenvalue weighted by Crippen LogP contribution is -2.38. The second-order valence-corrected chi connectivity index (χ2v) is 9.96. The number of hydrogen-bond acceptors (Lipinski definition) is 9. The summed E-state index contributed by atoms with van der Waals surface area (Å²) in [6.45, 7) is 1.34. The lowest BCUT2D eigenvalue weighted by molar-refractivity contribution is -0.697. The van der Waals surface area contributed by atoms with Crippen LogP contribution in [0.2, 0.25) is 0 Å². The van der Waals surface area contributed by atoms with Gasteiger partial charge in [-0.25, -0.2) is 23.8 Å². The Hall–Kier alpha value is -5.75. The number of allylic oxidation sites excluding steroid dienone is 1. The molecule has 2 aromatic carbocycles. The molecule has 15 heteroatoms. The van der Waals surface area contributed by atoms with Gasteiger partial charge in [0.05, 0.1) is 36.5 Å². The minimum atomic E-state index is -4.63. The van der Waals surface area contributed by atoms with E-state index in [1.165, 1.54) is 28.7 Å². The molecule has 238 valence electrons. The summed E-state index contributed by atoms with van der Waals surface area (Å²) >= 11 is 0. The van der Waals surface area contributed by atoms with Crippen molar-refractivity contribution >= 4 is 24.1 Å². The van der Waals surface area contributed by atoms with Crippen LogP contribution in [0.25, 0.3) is 0 Å². The predicted molar refractivity (Wildman–Crippen MR) is 153 cm³/mol. The van der Waals surface area contributed by atoms with Gasteiger partial charge in [-0.15, -0.1) is 5.10 Å². The second-order valence-electron chi connectivity index (χ2n) is 9.96. The summed E-state index contributed by atoms with van der Waals surface area (Å²) in [5.74, 6) is -0.821. The van der Waals surface area contributed by atoms with Gasteiger partial charge in [0.2, 0.25) is 5.95 Å². The molecule has 2 aromatic heterocycles. The number of H-pyrrole nitrogens is 1. The molecule has 46 heavy (non-hydrogen) atoms. The van der Waals surface area contributed by atoms with Gasteiger partial charge in [-0.3, -0.25) is 4.90 Å². The first kappa shape index (κ1) is 33.1. The largest absolute Gasteiger partial charge is 0.554 e. The van der Waals surface area contributed by atoms with Gasteiger partial charge in [-0.2, -0.15) is 18.4 Å². The molecule has 0 bridgehead atoms. The Morgan fingerprint density at radius 1 is 1.24 bits per heavy atom. The lowest BCUT2D eigenvalue weighted by atomic mass is 9.89. The van der Waals surface area contributed by atoms with Crippen LogP contribution in [0.3, 0.4) is 0 Å². The number of hydrogen-bond donors (Lipinski definition) is 2. The molecule has 0 saturated carbocycles. The number of nitriles is 1. The number of carbonyl (C=O) groups excluding carboxylic acids is 2. The Kier molecular flexibility index (Phi) is 10.0. The first-order valence-corrected chi connectivity index (χ1v) is 13.6.